The molecule has 3 aromatic rings. The van der Waals surface area contributed by atoms with Crippen LogP contribution >= 0.6 is 11.3 Å². The second-order valence-electron chi connectivity index (χ2n) is 5.91. The first kappa shape index (κ1) is 18.8. The topological polar surface area (TPSA) is 73.3 Å². The first-order valence-electron chi connectivity index (χ1n) is 8.45. The molecular weight excluding hydrogens is 362 g/mol. The van der Waals surface area contributed by atoms with Gasteiger partial charge in [0.2, 0.25) is 5.91 Å². The van der Waals surface area contributed by atoms with E-state index in [0.29, 0.717) is 24.5 Å². The van der Waals surface area contributed by atoms with Crippen LogP contribution in [0.4, 0.5) is 0 Å². The fourth-order valence-corrected chi connectivity index (χ4v) is 3.66. The average Bonchev–Trinajstić information content (AvgIpc) is 3.07. The van der Waals surface area contributed by atoms with E-state index < -0.39 is 0 Å². The zero-order valence-corrected chi connectivity index (χ0v) is 16.3. The Labute approximate surface area is 162 Å². The molecule has 27 heavy (non-hydrogen) atoms. The van der Waals surface area contributed by atoms with Gasteiger partial charge in [-0.15, -0.1) is 11.3 Å². The molecule has 0 spiro atoms. The van der Waals surface area contributed by atoms with Crippen molar-refractivity contribution in [2.24, 2.45) is 0 Å². The van der Waals surface area contributed by atoms with E-state index in [-0.39, 0.29) is 5.91 Å². The molecular formula is C20H21N3O3S. The van der Waals surface area contributed by atoms with Crippen LogP contribution in [0.3, 0.4) is 0 Å². The molecule has 0 atom stereocenters. The van der Waals surface area contributed by atoms with E-state index in [2.05, 4.69) is 15.3 Å². The molecule has 0 radical (unpaired) electrons. The van der Waals surface area contributed by atoms with Crippen LogP contribution in [0.5, 0.6) is 11.5 Å². The smallest absolute Gasteiger partial charge is 0.225 e. The molecule has 3 rings (SSSR count). The predicted molar refractivity (Wildman–Crippen MR) is 105 cm³/mol. The Morgan fingerprint density at radius 3 is 2.70 bits per heavy atom. The van der Waals surface area contributed by atoms with Crippen molar-refractivity contribution >= 4 is 17.2 Å². The number of carbonyl (C=O) groups excluding carboxylic acids is 1. The minimum atomic E-state index is -0.0470. The summed E-state index contributed by atoms with van der Waals surface area (Å²) in [5.74, 6) is 1.26. The number of aromatic nitrogens is 2. The van der Waals surface area contributed by atoms with Crippen LogP contribution in [-0.2, 0) is 17.8 Å². The lowest BCUT2D eigenvalue weighted by Crippen LogP contribution is -2.24. The molecule has 0 aliphatic rings. The summed E-state index contributed by atoms with van der Waals surface area (Å²) in [6.07, 6.45) is 3.81. The quantitative estimate of drug-likeness (QED) is 0.677. The lowest BCUT2D eigenvalue weighted by Gasteiger charge is -2.10. The second kappa shape index (κ2) is 8.64. The van der Waals surface area contributed by atoms with Gasteiger partial charge in [-0.1, -0.05) is 6.07 Å². The number of aryl methyl sites for hydroxylation is 1. The number of pyridine rings is 1. The molecule has 0 saturated heterocycles. The van der Waals surface area contributed by atoms with Crippen molar-refractivity contribution in [3.05, 3.63) is 58.9 Å². The molecule has 0 saturated carbocycles. The Balaban J connectivity index is 1.62. The third-order valence-electron chi connectivity index (χ3n) is 4.06. The molecule has 2 aromatic heterocycles. The molecule has 7 heteroatoms. The van der Waals surface area contributed by atoms with Crippen LogP contribution in [0, 0.1) is 6.92 Å². The summed E-state index contributed by atoms with van der Waals surface area (Å²) in [7, 11) is 3.18. The average molecular weight is 383 g/mol. The summed E-state index contributed by atoms with van der Waals surface area (Å²) in [4.78, 5) is 22.0. The van der Waals surface area contributed by atoms with Crippen molar-refractivity contribution in [1.82, 2.24) is 15.3 Å². The van der Waals surface area contributed by atoms with Crippen LogP contribution in [0.25, 0.3) is 10.6 Å². The van der Waals surface area contributed by atoms with Gasteiger partial charge in [0, 0.05) is 29.4 Å². The Kier molecular flexibility index (Phi) is 6.03. The molecule has 1 amide bonds. The molecule has 0 bridgehead atoms. The van der Waals surface area contributed by atoms with Gasteiger partial charge in [0.15, 0.2) is 11.5 Å². The molecule has 2 heterocycles. The van der Waals surface area contributed by atoms with Crippen molar-refractivity contribution in [3.63, 3.8) is 0 Å². The van der Waals surface area contributed by atoms with Crippen molar-refractivity contribution in [2.45, 2.75) is 19.9 Å². The van der Waals surface area contributed by atoms with Gasteiger partial charge in [-0.3, -0.25) is 9.78 Å². The molecule has 0 aliphatic carbocycles. The van der Waals surface area contributed by atoms with Crippen LogP contribution in [-0.4, -0.2) is 30.1 Å². The van der Waals surface area contributed by atoms with Crippen LogP contribution in [0.1, 0.15) is 16.1 Å². The largest absolute Gasteiger partial charge is 0.493 e. The number of ether oxygens (including phenoxy) is 2. The lowest BCUT2D eigenvalue weighted by molar-refractivity contribution is -0.120. The van der Waals surface area contributed by atoms with Crippen molar-refractivity contribution in [2.75, 3.05) is 14.2 Å². The third kappa shape index (κ3) is 4.62. The normalized spacial score (nSPS) is 10.5. The highest BCUT2D eigenvalue weighted by molar-refractivity contribution is 7.15. The number of thiazole rings is 1. The van der Waals surface area contributed by atoms with E-state index in [1.165, 1.54) is 11.3 Å². The maximum absolute atomic E-state index is 12.4. The lowest BCUT2D eigenvalue weighted by atomic mass is 10.2. The first-order chi connectivity index (χ1) is 13.1. The Hall–Kier alpha value is -2.93. The van der Waals surface area contributed by atoms with Crippen molar-refractivity contribution in [1.29, 1.82) is 0 Å². The van der Waals surface area contributed by atoms with E-state index in [0.717, 1.165) is 26.7 Å². The minimum Gasteiger partial charge on any atom is -0.493 e. The van der Waals surface area contributed by atoms with Crippen LogP contribution in [0.15, 0.2) is 42.7 Å². The zero-order valence-electron chi connectivity index (χ0n) is 15.5. The molecule has 140 valence electrons. The number of rotatable bonds is 7. The van der Waals surface area contributed by atoms with E-state index in [1.54, 1.807) is 26.6 Å². The molecule has 1 N–H and O–H groups in total. The molecule has 0 aliphatic heterocycles. The number of carbonyl (C=O) groups is 1. The summed E-state index contributed by atoms with van der Waals surface area (Å²) >= 11 is 1.53. The summed E-state index contributed by atoms with van der Waals surface area (Å²) in [6.45, 7) is 2.35. The Morgan fingerprint density at radius 1 is 1.19 bits per heavy atom. The Morgan fingerprint density at radius 2 is 2.00 bits per heavy atom. The Bertz CT molecular complexity index is 925. The molecule has 6 nitrogen and oxygen atoms in total. The maximum atomic E-state index is 12.4. The second-order valence-corrected chi connectivity index (χ2v) is 7.00. The zero-order chi connectivity index (χ0) is 19.2. The fourth-order valence-electron chi connectivity index (χ4n) is 2.60. The van der Waals surface area contributed by atoms with E-state index in [1.807, 2.05) is 37.3 Å². The van der Waals surface area contributed by atoms with Crippen molar-refractivity contribution < 1.29 is 14.3 Å². The summed E-state index contributed by atoms with van der Waals surface area (Å²) < 4.78 is 10.5. The van der Waals surface area contributed by atoms with Crippen LogP contribution < -0.4 is 14.8 Å². The number of nitrogens with one attached hydrogen (secondary N) is 1. The standard InChI is InChI=1S/C20H21N3O3S/c1-13-18(27-20(23-13)15-5-4-8-21-12-15)10-19(24)22-11-14-6-7-16(25-2)17(9-14)26-3/h4-9,12H,10-11H2,1-3H3,(H,22,24). The SMILES string of the molecule is COc1ccc(CNC(=O)Cc2sc(-c3cccnc3)nc2C)cc1OC. The van der Waals surface area contributed by atoms with Gasteiger partial charge in [0.25, 0.3) is 0 Å². The van der Waals surface area contributed by atoms with Crippen molar-refractivity contribution in [3.8, 4) is 22.1 Å². The molecule has 1 aromatic carbocycles. The number of nitrogens with zero attached hydrogens (tertiary/aromatic N) is 2. The highest BCUT2D eigenvalue weighted by Gasteiger charge is 2.13. The predicted octanol–water partition coefficient (Wildman–Crippen LogP) is 3.39. The van der Waals surface area contributed by atoms with Crippen LogP contribution in [0.2, 0.25) is 0 Å². The van der Waals surface area contributed by atoms with E-state index in [4.69, 9.17) is 9.47 Å². The number of methoxy groups -OCH3 is 2. The summed E-state index contributed by atoms with van der Waals surface area (Å²) in [5.41, 5.74) is 2.78. The van der Waals surface area contributed by atoms with Gasteiger partial charge in [0.05, 0.1) is 26.3 Å². The number of hydrogen-bond acceptors (Lipinski definition) is 6. The number of hydrogen-bond donors (Lipinski definition) is 1. The third-order valence-corrected chi connectivity index (χ3v) is 5.27. The highest BCUT2D eigenvalue weighted by atomic mass is 32.1. The fraction of sp³-hybridized carbons (Fsp3) is 0.250. The van der Waals surface area contributed by atoms with E-state index in [9.17, 15) is 4.79 Å². The maximum Gasteiger partial charge on any atom is 0.225 e. The number of benzene rings is 1. The van der Waals surface area contributed by atoms with Gasteiger partial charge in [-0.05, 0) is 36.8 Å². The minimum absolute atomic E-state index is 0.0470. The number of amides is 1. The molecule has 0 fully saturated rings. The van der Waals surface area contributed by atoms with Gasteiger partial charge >= 0.3 is 0 Å². The van der Waals surface area contributed by atoms with Gasteiger partial charge in [0.1, 0.15) is 5.01 Å². The first-order valence-corrected chi connectivity index (χ1v) is 9.26. The van der Waals surface area contributed by atoms with Gasteiger partial charge < -0.3 is 14.8 Å². The van der Waals surface area contributed by atoms with E-state index >= 15 is 0 Å². The summed E-state index contributed by atoms with van der Waals surface area (Å²) in [5, 5.41) is 3.82. The highest BCUT2D eigenvalue weighted by Crippen LogP contribution is 2.28. The van der Waals surface area contributed by atoms with Gasteiger partial charge in [-0.25, -0.2) is 4.98 Å². The monoisotopic (exact) mass is 383 g/mol. The van der Waals surface area contributed by atoms with Gasteiger partial charge in [-0.2, -0.15) is 0 Å². The summed E-state index contributed by atoms with van der Waals surface area (Å²) in [6, 6.07) is 9.43. The molecule has 0 unspecified atom stereocenters.